The zero-order valence-corrected chi connectivity index (χ0v) is 19.6. The molecule has 0 unspecified atom stereocenters. The molecule has 1 aliphatic rings. The third kappa shape index (κ3) is 5.77. The van der Waals surface area contributed by atoms with E-state index in [1.165, 1.54) is 25.7 Å². The summed E-state index contributed by atoms with van der Waals surface area (Å²) in [6, 6.07) is 33.5. The molecule has 0 nitrogen and oxygen atoms in total. The van der Waals surface area contributed by atoms with E-state index in [0.717, 1.165) is 0 Å². The lowest BCUT2D eigenvalue weighted by molar-refractivity contribution is 0.368. The predicted molar refractivity (Wildman–Crippen MR) is 133 cm³/mol. The standard InChI is InChI=1S/C23H22PS2.BF4/c1-18-19(2)26-23(25-18)24(20-12-6-3-7-13-20,21-14-8-4-9-15-21)22-16-10-5-11-17-22;2-1(3,4)5/h3-17,23H,1-2H3;/q+1;-1. The van der Waals surface area contributed by atoms with Crippen molar-refractivity contribution < 1.29 is 17.3 Å². The molecule has 8 heteroatoms. The van der Waals surface area contributed by atoms with Crippen LogP contribution in [0.25, 0.3) is 0 Å². The van der Waals surface area contributed by atoms with Crippen molar-refractivity contribution in [2.45, 2.75) is 18.2 Å². The van der Waals surface area contributed by atoms with Crippen molar-refractivity contribution in [3.63, 3.8) is 0 Å². The first kappa shape index (κ1) is 24.0. The minimum absolute atomic E-state index is 0.481. The van der Waals surface area contributed by atoms with Gasteiger partial charge in [-0.15, -0.1) is 0 Å². The van der Waals surface area contributed by atoms with E-state index in [-0.39, 0.29) is 0 Å². The molecule has 0 atom stereocenters. The Morgan fingerprint density at radius 1 is 0.581 bits per heavy atom. The summed E-state index contributed by atoms with van der Waals surface area (Å²) in [6.07, 6.45) is 0. The second-order valence-electron chi connectivity index (χ2n) is 6.88. The topological polar surface area (TPSA) is 0 Å². The lowest BCUT2D eigenvalue weighted by Crippen LogP contribution is -2.35. The van der Waals surface area contributed by atoms with Crippen LogP contribution in [0.2, 0.25) is 0 Å². The van der Waals surface area contributed by atoms with Gasteiger partial charge in [0.2, 0.25) is 0 Å². The van der Waals surface area contributed by atoms with Crippen LogP contribution in [0.15, 0.2) is 101 Å². The normalized spacial score (nSPS) is 14.9. The smallest absolute Gasteiger partial charge is 0.418 e. The molecule has 0 amide bonds. The number of hydrogen-bond acceptors (Lipinski definition) is 2. The van der Waals surface area contributed by atoms with Gasteiger partial charge in [0, 0.05) is 0 Å². The van der Waals surface area contributed by atoms with Crippen molar-refractivity contribution in [2.24, 2.45) is 0 Å². The highest BCUT2D eigenvalue weighted by molar-refractivity contribution is 8.34. The van der Waals surface area contributed by atoms with E-state index in [9.17, 15) is 17.3 Å². The highest BCUT2D eigenvalue weighted by Gasteiger charge is 2.55. The van der Waals surface area contributed by atoms with Crippen molar-refractivity contribution in [1.82, 2.24) is 0 Å². The average Bonchev–Trinajstić information content (AvgIpc) is 3.08. The molecule has 4 rings (SSSR count). The Hall–Kier alpha value is -1.69. The molecule has 0 bridgehead atoms. The zero-order valence-electron chi connectivity index (χ0n) is 17.1. The first-order valence-electron chi connectivity index (χ1n) is 9.66. The third-order valence-electron chi connectivity index (χ3n) is 4.86. The molecule has 0 N–H and O–H groups in total. The Morgan fingerprint density at radius 3 is 1.10 bits per heavy atom. The quantitative estimate of drug-likeness (QED) is 0.218. The molecule has 0 saturated carbocycles. The van der Waals surface area contributed by atoms with Crippen molar-refractivity contribution >= 4 is 54.0 Å². The van der Waals surface area contributed by atoms with E-state index >= 15 is 0 Å². The highest BCUT2D eigenvalue weighted by Crippen LogP contribution is 2.71. The number of benzene rings is 3. The molecule has 0 spiro atoms. The van der Waals surface area contributed by atoms with Gasteiger partial charge in [-0.1, -0.05) is 78.1 Å². The third-order valence-corrected chi connectivity index (χ3v) is 13.8. The van der Waals surface area contributed by atoms with Gasteiger partial charge in [-0.3, -0.25) is 0 Å². The first-order chi connectivity index (χ1) is 14.7. The Labute approximate surface area is 190 Å². The second-order valence-corrected chi connectivity index (χ2v) is 14.0. The highest BCUT2D eigenvalue weighted by atomic mass is 32.2. The van der Waals surface area contributed by atoms with Gasteiger partial charge in [-0.25, -0.2) is 0 Å². The zero-order chi connectivity index (χ0) is 22.5. The molecule has 162 valence electrons. The molecule has 3 aromatic rings. The molecule has 31 heavy (non-hydrogen) atoms. The molecule has 0 radical (unpaired) electrons. The summed E-state index contributed by atoms with van der Waals surface area (Å²) < 4.78 is 39.5. The average molecular weight is 480 g/mol. The van der Waals surface area contributed by atoms with Crippen LogP contribution in [-0.4, -0.2) is 11.6 Å². The molecular weight excluding hydrogens is 458 g/mol. The van der Waals surface area contributed by atoms with Crippen molar-refractivity contribution in [2.75, 3.05) is 0 Å². The maximum absolute atomic E-state index is 9.75. The Morgan fingerprint density at radius 2 is 0.839 bits per heavy atom. The molecule has 3 aromatic carbocycles. The van der Waals surface area contributed by atoms with Gasteiger partial charge < -0.3 is 17.3 Å². The minimum Gasteiger partial charge on any atom is -0.418 e. The van der Waals surface area contributed by atoms with E-state index in [1.54, 1.807) is 0 Å². The van der Waals surface area contributed by atoms with Gasteiger partial charge in [0.05, 0.1) is 0 Å². The summed E-state index contributed by atoms with van der Waals surface area (Å²) in [5.41, 5.74) is 0. The minimum atomic E-state index is -6.00. The van der Waals surface area contributed by atoms with Gasteiger partial charge in [0.15, 0.2) is 4.32 Å². The summed E-state index contributed by atoms with van der Waals surface area (Å²) in [5.74, 6) is 0. The summed E-state index contributed by atoms with van der Waals surface area (Å²) in [5, 5.41) is 4.39. The van der Waals surface area contributed by atoms with Crippen molar-refractivity contribution in [3.05, 3.63) is 101 Å². The van der Waals surface area contributed by atoms with Crippen molar-refractivity contribution in [1.29, 1.82) is 0 Å². The Bertz CT molecular complexity index is 895. The SMILES string of the molecule is CC1=C(C)SC([P+](c2ccccc2)(c2ccccc2)c2ccccc2)S1.F[B-](F)(F)F. The Balaban J connectivity index is 0.000000491. The largest absolute Gasteiger partial charge is 0.673 e. The summed E-state index contributed by atoms with van der Waals surface area (Å²) >= 11 is 4.11. The maximum Gasteiger partial charge on any atom is 0.673 e. The van der Waals surface area contributed by atoms with E-state index in [0.29, 0.717) is 4.32 Å². The second kappa shape index (κ2) is 10.3. The number of rotatable bonds is 4. The summed E-state index contributed by atoms with van der Waals surface area (Å²) in [6.45, 7) is 4.53. The van der Waals surface area contributed by atoms with Crippen LogP contribution in [0, 0.1) is 0 Å². The fourth-order valence-electron chi connectivity index (χ4n) is 3.45. The number of thioether (sulfide) groups is 2. The lowest BCUT2D eigenvalue weighted by Gasteiger charge is -2.31. The molecule has 0 aromatic heterocycles. The van der Waals surface area contributed by atoms with Gasteiger partial charge in [-0.05, 0) is 60.1 Å². The van der Waals surface area contributed by atoms with Gasteiger partial charge in [0.25, 0.3) is 0 Å². The van der Waals surface area contributed by atoms with Gasteiger partial charge in [-0.2, -0.15) is 0 Å². The maximum atomic E-state index is 9.75. The van der Waals surface area contributed by atoms with Crippen LogP contribution in [0.3, 0.4) is 0 Å². The van der Waals surface area contributed by atoms with Crippen LogP contribution in [-0.2, 0) is 0 Å². The lowest BCUT2D eigenvalue weighted by atomic mass is 10.3. The predicted octanol–water partition coefficient (Wildman–Crippen LogP) is 7.30. The Kier molecular flexibility index (Phi) is 7.95. The monoisotopic (exact) mass is 480 g/mol. The van der Waals surface area contributed by atoms with E-state index in [4.69, 9.17) is 0 Å². The fourth-order valence-corrected chi connectivity index (χ4v) is 13.7. The number of hydrogen-bond donors (Lipinski definition) is 0. The molecule has 0 fully saturated rings. The van der Waals surface area contributed by atoms with Crippen molar-refractivity contribution in [3.8, 4) is 0 Å². The van der Waals surface area contributed by atoms with E-state index in [1.807, 2.05) is 0 Å². The summed E-state index contributed by atoms with van der Waals surface area (Å²) in [7, 11) is -7.79. The van der Waals surface area contributed by atoms with Gasteiger partial charge in [0.1, 0.15) is 23.2 Å². The van der Waals surface area contributed by atoms with E-state index < -0.39 is 14.5 Å². The van der Waals surface area contributed by atoms with Crippen LogP contribution in [0.5, 0.6) is 0 Å². The number of halogens is 4. The van der Waals surface area contributed by atoms with Crippen LogP contribution in [0.4, 0.5) is 17.3 Å². The molecule has 0 aliphatic carbocycles. The van der Waals surface area contributed by atoms with Crippen LogP contribution >= 0.6 is 30.8 Å². The fraction of sp³-hybridized carbons (Fsp3) is 0.130. The molecule has 1 heterocycles. The number of allylic oxidation sites excluding steroid dienone is 2. The molecular formula is C23H22BF4PS2. The van der Waals surface area contributed by atoms with Crippen LogP contribution < -0.4 is 15.9 Å². The van der Waals surface area contributed by atoms with Gasteiger partial charge >= 0.3 is 7.25 Å². The first-order valence-corrected chi connectivity index (χ1v) is 13.3. The van der Waals surface area contributed by atoms with Crippen LogP contribution in [0.1, 0.15) is 13.8 Å². The van der Waals surface area contributed by atoms with E-state index in [2.05, 4.69) is 128 Å². The molecule has 0 saturated heterocycles. The summed E-state index contributed by atoms with van der Waals surface area (Å²) in [4.78, 5) is 2.93. The molecule has 1 aliphatic heterocycles.